The second-order valence-corrected chi connectivity index (χ2v) is 8.30. The van der Waals surface area contributed by atoms with Crippen molar-refractivity contribution in [2.45, 2.75) is 49.6 Å². The quantitative estimate of drug-likeness (QED) is 0.850. The minimum atomic E-state index is -3.56. The van der Waals surface area contributed by atoms with Crippen LogP contribution in [0.3, 0.4) is 0 Å². The van der Waals surface area contributed by atoms with Crippen LogP contribution in [0.15, 0.2) is 53.4 Å². The van der Waals surface area contributed by atoms with Gasteiger partial charge in [-0.2, -0.15) is 0 Å². The highest BCUT2D eigenvalue weighted by atomic mass is 32.2. The van der Waals surface area contributed by atoms with Gasteiger partial charge in [-0.3, -0.25) is 0 Å². The van der Waals surface area contributed by atoms with Crippen molar-refractivity contribution < 1.29 is 12.8 Å². The topological polar surface area (TPSA) is 58.2 Å². The van der Waals surface area contributed by atoms with E-state index in [4.69, 9.17) is 0 Å². The summed E-state index contributed by atoms with van der Waals surface area (Å²) in [5.74, 6) is -0.286. The summed E-state index contributed by atoms with van der Waals surface area (Å²) in [5.41, 5.74) is 1.82. The lowest BCUT2D eigenvalue weighted by Gasteiger charge is -2.33. The van der Waals surface area contributed by atoms with E-state index in [1.807, 2.05) is 6.92 Å². The van der Waals surface area contributed by atoms with Crippen LogP contribution in [0.5, 0.6) is 0 Å². The van der Waals surface area contributed by atoms with Crippen molar-refractivity contribution >= 4 is 15.7 Å². The molecule has 2 aromatic carbocycles. The number of rotatable bonds is 5. The predicted molar refractivity (Wildman–Crippen MR) is 97.6 cm³/mol. The van der Waals surface area contributed by atoms with Crippen LogP contribution in [0.1, 0.15) is 31.2 Å². The molecule has 1 saturated carbocycles. The summed E-state index contributed by atoms with van der Waals surface area (Å²) in [6.07, 6.45) is 3.69. The highest BCUT2D eigenvalue weighted by Gasteiger charge is 2.29. The molecule has 0 unspecified atom stereocenters. The summed E-state index contributed by atoms with van der Waals surface area (Å²) < 4.78 is 41.2. The van der Waals surface area contributed by atoms with Crippen LogP contribution >= 0.6 is 0 Å². The molecule has 0 radical (unpaired) electrons. The van der Waals surface area contributed by atoms with Gasteiger partial charge < -0.3 is 5.32 Å². The Morgan fingerprint density at radius 1 is 0.920 bits per heavy atom. The van der Waals surface area contributed by atoms with Gasteiger partial charge in [-0.1, -0.05) is 30.5 Å². The van der Waals surface area contributed by atoms with Crippen molar-refractivity contribution in [1.82, 2.24) is 4.72 Å². The third kappa shape index (κ3) is 4.58. The fraction of sp³-hybridized carbons (Fsp3) is 0.368. The molecule has 6 heteroatoms. The monoisotopic (exact) mass is 362 g/mol. The van der Waals surface area contributed by atoms with Crippen molar-refractivity contribution in [2.75, 3.05) is 5.32 Å². The van der Waals surface area contributed by atoms with E-state index in [1.165, 1.54) is 12.1 Å². The highest BCUT2D eigenvalue weighted by Crippen LogP contribution is 2.24. The van der Waals surface area contributed by atoms with Gasteiger partial charge >= 0.3 is 0 Å². The van der Waals surface area contributed by atoms with Crippen LogP contribution in [-0.2, 0) is 10.0 Å². The fourth-order valence-corrected chi connectivity index (χ4v) is 4.50. The molecule has 25 heavy (non-hydrogen) atoms. The molecule has 0 aromatic heterocycles. The Balaban J connectivity index is 1.74. The number of hydrogen-bond acceptors (Lipinski definition) is 3. The molecule has 0 amide bonds. The molecule has 0 bridgehead atoms. The van der Waals surface area contributed by atoms with Gasteiger partial charge in [0.05, 0.1) is 4.90 Å². The largest absolute Gasteiger partial charge is 0.381 e. The van der Waals surface area contributed by atoms with E-state index in [2.05, 4.69) is 10.0 Å². The number of nitrogens with one attached hydrogen (secondary N) is 2. The number of sulfonamides is 1. The summed E-state index contributed by atoms with van der Waals surface area (Å²) in [5, 5.41) is 3.35. The molecule has 1 aliphatic carbocycles. The lowest BCUT2D eigenvalue weighted by atomic mass is 9.91. The SMILES string of the molecule is Cc1ccc(S(=O)(=O)N[C@@H]2CCCC[C@@H]2Nc2ccc(F)cc2)cc1. The zero-order valence-corrected chi connectivity index (χ0v) is 15.0. The Kier molecular flexibility index (Phi) is 5.39. The molecule has 3 rings (SSSR count). The number of anilines is 1. The molecule has 2 N–H and O–H groups in total. The van der Waals surface area contributed by atoms with Crippen LogP contribution < -0.4 is 10.0 Å². The van der Waals surface area contributed by atoms with Crippen molar-refractivity contribution in [1.29, 1.82) is 0 Å². The summed E-state index contributed by atoms with van der Waals surface area (Å²) in [6.45, 7) is 1.92. The lowest BCUT2D eigenvalue weighted by Crippen LogP contribution is -2.48. The van der Waals surface area contributed by atoms with E-state index in [-0.39, 0.29) is 22.8 Å². The van der Waals surface area contributed by atoms with E-state index in [9.17, 15) is 12.8 Å². The van der Waals surface area contributed by atoms with Gasteiger partial charge in [0.2, 0.25) is 10.0 Å². The normalized spacial score (nSPS) is 21.0. The zero-order valence-electron chi connectivity index (χ0n) is 14.2. The average molecular weight is 362 g/mol. The van der Waals surface area contributed by atoms with Gasteiger partial charge in [0, 0.05) is 17.8 Å². The molecule has 0 aliphatic heterocycles. The molecule has 0 saturated heterocycles. The van der Waals surface area contributed by atoms with Crippen LogP contribution in [0.4, 0.5) is 10.1 Å². The Hall–Kier alpha value is -1.92. The maximum absolute atomic E-state index is 13.1. The highest BCUT2D eigenvalue weighted by molar-refractivity contribution is 7.89. The number of halogens is 1. The van der Waals surface area contributed by atoms with E-state index < -0.39 is 10.0 Å². The van der Waals surface area contributed by atoms with E-state index >= 15 is 0 Å². The minimum Gasteiger partial charge on any atom is -0.381 e. The molecule has 134 valence electrons. The van der Waals surface area contributed by atoms with Crippen molar-refractivity contribution in [3.8, 4) is 0 Å². The molecule has 0 heterocycles. The molecular weight excluding hydrogens is 339 g/mol. The molecule has 2 aromatic rings. The van der Waals surface area contributed by atoms with Gasteiger partial charge in [0.1, 0.15) is 5.82 Å². The third-order valence-electron chi connectivity index (χ3n) is 4.60. The summed E-state index contributed by atoms with van der Waals surface area (Å²) in [6, 6.07) is 12.8. The molecule has 1 aliphatic rings. The third-order valence-corrected chi connectivity index (χ3v) is 6.11. The Labute approximate surface area is 148 Å². The van der Waals surface area contributed by atoms with Crippen LogP contribution in [-0.4, -0.2) is 20.5 Å². The Bertz CT molecular complexity index is 804. The number of benzene rings is 2. The van der Waals surface area contributed by atoms with Crippen molar-refractivity contribution in [3.05, 3.63) is 59.9 Å². The van der Waals surface area contributed by atoms with Crippen LogP contribution in [0, 0.1) is 12.7 Å². The fourth-order valence-electron chi connectivity index (χ4n) is 3.19. The Morgan fingerprint density at radius 2 is 1.52 bits per heavy atom. The maximum atomic E-state index is 13.1. The molecular formula is C19H23FN2O2S. The molecule has 0 spiro atoms. The van der Waals surface area contributed by atoms with Crippen LogP contribution in [0.2, 0.25) is 0 Å². The van der Waals surface area contributed by atoms with Gasteiger partial charge in [-0.15, -0.1) is 0 Å². The predicted octanol–water partition coefficient (Wildman–Crippen LogP) is 3.84. The van der Waals surface area contributed by atoms with Crippen molar-refractivity contribution in [2.24, 2.45) is 0 Å². The van der Waals surface area contributed by atoms with Gasteiger partial charge in [-0.05, 0) is 56.2 Å². The first-order valence-electron chi connectivity index (χ1n) is 8.55. The second kappa shape index (κ2) is 7.54. The molecule has 2 atom stereocenters. The zero-order chi connectivity index (χ0) is 17.9. The average Bonchev–Trinajstić information content (AvgIpc) is 2.59. The first-order valence-corrected chi connectivity index (χ1v) is 10.0. The first-order chi connectivity index (χ1) is 11.9. The Morgan fingerprint density at radius 3 is 2.16 bits per heavy atom. The summed E-state index contributed by atoms with van der Waals surface area (Å²) in [4.78, 5) is 0.282. The lowest BCUT2D eigenvalue weighted by molar-refractivity contribution is 0.378. The minimum absolute atomic E-state index is 0.0144. The van der Waals surface area contributed by atoms with Gasteiger partial charge in [0.15, 0.2) is 0 Å². The number of hydrogen-bond donors (Lipinski definition) is 2. The van der Waals surface area contributed by atoms with Gasteiger partial charge in [-0.25, -0.2) is 17.5 Å². The second-order valence-electron chi connectivity index (χ2n) is 6.58. The summed E-state index contributed by atoms with van der Waals surface area (Å²) in [7, 11) is -3.56. The van der Waals surface area contributed by atoms with Gasteiger partial charge in [0.25, 0.3) is 0 Å². The summed E-state index contributed by atoms with van der Waals surface area (Å²) >= 11 is 0. The smallest absolute Gasteiger partial charge is 0.240 e. The van der Waals surface area contributed by atoms with Crippen molar-refractivity contribution in [3.63, 3.8) is 0 Å². The standard InChI is InChI=1S/C19H23FN2O2S/c1-14-6-12-17(13-7-14)25(23,24)22-19-5-3-2-4-18(19)21-16-10-8-15(20)9-11-16/h6-13,18-19,21-22H,2-5H2,1H3/t18-,19+/m0/s1. The van der Waals surface area contributed by atoms with E-state index in [1.54, 1.807) is 36.4 Å². The van der Waals surface area contributed by atoms with E-state index in [0.29, 0.717) is 0 Å². The van der Waals surface area contributed by atoms with Crippen LogP contribution in [0.25, 0.3) is 0 Å². The molecule has 4 nitrogen and oxygen atoms in total. The first kappa shape index (κ1) is 17.9. The van der Waals surface area contributed by atoms with E-state index in [0.717, 1.165) is 36.9 Å². The molecule has 1 fully saturated rings. The maximum Gasteiger partial charge on any atom is 0.240 e. The number of aryl methyl sites for hydroxylation is 1.